The molecule has 1 N–H and O–H groups in total. The molecule has 0 atom stereocenters. The minimum Gasteiger partial charge on any atom is -0.406 e. The number of nitrogens with one attached hydrogen (secondary N) is 1. The summed E-state index contributed by atoms with van der Waals surface area (Å²) >= 11 is 0. The van der Waals surface area contributed by atoms with Crippen molar-refractivity contribution in [1.29, 1.82) is 0 Å². The Labute approximate surface area is 182 Å². The van der Waals surface area contributed by atoms with Gasteiger partial charge < -0.3 is 19.9 Å². The Morgan fingerprint density at radius 2 is 1.56 bits per heavy atom. The third kappa shape index (κ3) is 5.45. The summed E-state index contributed by atoms with van der Waals surface area (Å²) in [5.41, 5.74) is 1.35. The van der Waals surface area contributed by atoms with Crippen LogP contribution in [0.2, 0.25) is 0 Å². The minimum atomic E-state index is -4.78. The van der Waals surface area contributed by atoms with Gasteiger partial charge in [0.15, 0.2) is 0 Å². The van der Waals surface area contributed by atoms with E-state index in [0.717, 1.165) is 38.3 Å². The molecule has 2 heterocycles. The van der Waals surface area contributed by atoms with Crippen molar-refractivity contribution >= 4 is 23.2 Å². The van der Waals surface area contributed by atoms with Crippen molar-refractivity contribution in [3.05, 3.63) is 72.6 Å². The van der Waals surface area contributed by atoms with E-state index in [1.54, 1.807) is 6.07 Å². The van der Waals surface area contributed by atoms with E-state index >= 15 is 0 Å². The molecule has 1 aliphatic rings. The lowest BCUT2D eigenvalue weighted by Crippen LogP contribution is -2.46. The predicted molar refractivity (Wildman–Crippen MR) is 114 cm³/mol. The number of hydrogen-bond acceptors (Lipinski definition) is 6. The molecule has 32 heavy (non-hydrogen) atoms. The van der Waals surface area contributed by atoms with E-state index in [0.29, 0.717) is 11.6 Å². The lowest BCUT2D eigenvalue weighted by Gasteiger charge is -2.36. The molecule has 1 aromatic heterocycles. The average molecular weight is 443 g/mol. The molecule has 3 aromatic rings. The van der Waals surface area contributed by atoms with Gasteiger partial charge in [-0.1, -0.05) is 18.2 Å². The maximum atomic E-state index is 12.4. The summed E-state index contributed by atoms with van der Waals surface area (Å²) in [6.07, 6.45) is -3.41. The molecule has 0 spiro atoms. The van der Waals surface area contributed by atoms with Crippen LogP contribution < -0.4 is 19.9 Å². The quantitative estimate of drug-likeness (QED) is 0.644. The molecule has 166 valence electrons. The number of para-hydroxylation sites is 1. The number of ether oxygens (including phenoxy) is 1. The first-order chi connectivity index (χ1) is 15.4. The maximum absolute atomic E-state index is 12.4. The summed E-state index contributed by atoms with van der Waals surface area (Å²) in [4.78, 5) is 25.2. The Kier molecular flexibility index (Phi) is 6.11. The van der Waals surface area contributed by atoms with Gasteiger partial charge in [-0.25, -0.2) is 9.97 Å². The second-order valence-electron chi connectivity index (χ2n) is 7.10. The van der Waals surface area contributed by atoms with E-state index in [1.807, 2.05) is 18.2 Å². The van der Waals surface area contributed by atoms with Crippen LogP contribution in [0.3, 0.4) is 0 Å². The summed E-state index contributed by atoms with van der Waals surface area (Å²) in [7, 11) is 0. The summed E-state index contributed by atoms with van der Waals surface area (Å²) in [6, 6.07) is 16.5. The Morgan fingerprint density at radius 1 is 0.906 bits per heavy atom. The van der Waals surface area contributed by atoms with E-state index in [1.165, 1.54) is 24.1 Å². The van der Waals surface area contributed by atoms with Gasteiger partial charge in [0.05, 0.1) is 0 Å². The highest BCUT2D eigenvalue weighted by molar-refractivity contribution is 6.03. The predicted octanol–water partition coefficient (Wildman–Crippen LogP) is 3.95. The van der Waals surface area contributed by atoms with Crippen LogP contribution in [-0.4, -0.2) is 48.4 Å². The highest BCUT2D eigenvalue weighted by Gasteiger charge is 2.31. The summed E-state index contributed by atoms with van der Waals surface area (Å²) in [6.45, 7) is 3.20. The van der Waals surface area contributed by atoms with Crippen molar-refractivity contribution in [3.63, 3.8) is 0 Å². The molecule has 2 aromatic carbocycles. The van der Waals surface area contributed by atoms with E-state index in [2.05, 4.69) is 42.0 Å². The Balaban J connectivity index is 1.36. The second kappa shape index (κ2) is 9.13. The van der Waals surface area contributed by atoms with E-state index in [-0.39, 0.29) is 5.56 Å². The number of hydrogen-bond donors (Lipinski definition) is 1. The van der Waals surface area contributed by atoms with Gasteiger partial charge in [0.2, 0.25) is 0 Å². The van der Waals surface area contributed by atoms with E-state index in [4.69, 9.17) is 0 Å². The van der Waals surface area contributed by atoms with E-state index < -0.39 is 18.0 Å². The maximum Gasteiger partial charge on any atom is 0.573 e. The standard InChI is InChI=1S/C22H20F3N5O2/c23-22(24,25)32-18-8-6-16(7-9-18)21(31)28-19-14-20(27-15-26-19)30-12-10-29(11-13-30)17-4-2-1-3-5-17/h1-9,14-15H,10-13H2,(H,26,27,28,31). The van der Waals surface area contributed by atoms with Crippen LogP contribution in [-0.2, 0) is 0 Å². The molecule has 4 rings (SSSR count). The number of nitrogens with zero attached hydrogens (tertiary/aromatic N) is 4. The second-order valence-corrected chi connectivity index (χ2v) is 7.10. The number of benzene rings is 2. The monoisotopic (exact) mass is 443 g/mol. The molecule has 1 saturated heterocycles. The number of carbonyl (C=O) groups is 1. The first-order valence-corrected chi connectivity index (χ1v) is 9.91. The fourth-order valence-electron chi connectivity index (χ4n) is 3.42. The van der Waals surface area contributed by atoms with Crippen molar-refractivity contribution in [2.45, 2.75) is 6.36 Å². The molecule has 0 aliphatic carbocycles. The normalized spacial score (nSPS) is 14.2. The van der Waals surface area contributed by atoms with Crippen LogP contribution in [0, 0.1) is 0 Å². The fourth-order valence-corrected chi connectivity index (χ4v) is 3.42. The Morgan fingerprint density at radius 3 is 2.22 bits per heavy atom. The van der Waals surface area contributed by atoms with E-state index in [9.17, 15) is 18.0 Å². The average Bonchev–Trinajstić information content (AvgIpc) is 2.79. The minimum absolute atomic E-state index is 0.177. The number of carbonyl (C=O) groups excluding carboxylic acids is 1. The highest BCUT2D eigenvalue weighted by Crippen LogP contribution is 2.23. The number of alkyl halides is 3. The molecule has 1 fully saturated rings. The largest absolute Gasteiger partial charge is 0.573 e. The first kappa shape index (κ1) is 21.4. The van der Waals surface area contributed by atoms with Crippen molar-refractivity contribution in [3.8, 4) is 5.75 Å². The van der Waals surface area contributed by atoms with Gasteiger partial charge >= 0.3 is 6.36 Å². The number of aromatic nitrogens is 2. The molecule has 7 nitrogen and oxygen atoms in total. The molecule has 1 amide bonds. The molecule has 0 bridgehead atoms. The molecular formula is C22H20F3N5O2. The SMILES string of the molecule is O=C(Nc1cc(N2CCN(c3ccccc3)CC2)ncn1)c1ccc(OC(F)(F)F)cc1. The lowest BCUT2D eigenvalue weighted by molar-refractivity contribution is -0.274. The number of amides is 1. The smallest absolute Gasteiger partial charge is 0.406 e. The highest BCUT2D eigenvalue weighted by atomic mass is 19.4. The van der Waals surface area contributed by atoms with Crippen LogP contribution in [0.15, 0.2) is 67.0 Å². The van der Waals surface area contributed by atoms with Crippen LogP contribution in [0.1, 0.15) is 10.4 Å². The van der Waals surface area contributed by atoms with Crippen LogP contribution in [0.25, 0.3) is 0 Å². The molecule has 10 heteroatoms. The van der Waals surface area contributed by atoms with Gasteiger partial charge in [0.25, 0.3) is 5.91 Å². The zero-order chi connectivity index (χ0) is 22.6. The van der Waals surface area contributed by atoms with Crippen LogP contribution >= 0.6 is 0 Å². The lowest BCUT2D eigenvalue weighted by atomic mass is 10.2. The summed E-state index contributed by atoms with van der Waals surface area (Å²) in [5.74, 6) is 0.105. The van der Waals surface area contributed by atoms with Crippen LogP contribution in [0.4, 0.5) is 30.5 Å². The van der Waals surface area contributed by atoms with Gasteiger partial charge in [-0.2, -0.15) is 0 Å². The Bertz CT molecular complexity index is 1050. The van der Waals surface area contributed by atoms with Gasteiger partial charge in [0, 0.05) is 43.5 Å². The summed E-state index contributed by atoms with van der Waals surface area (Å²) in [5, 5.41) is 2.65. The van der Waals surface area contributed by atoms with Gasteiger partial charge in [0.1, 0.15) is 23.7 Å². The van der Waals surface area contributed by atoms with Crippen molar-refractivity contribution in [2.75, 3.05) is 41.3 Å². The Hall–Kier alpha value is -3.82. The molecule has 0 radical (unpaired) electrons. The number of halogens is 3. The third-order valence-electron chi connectivity index (χ3n) is 4.97. The van der Waals surface area contributed by atoms with Gasteiger partial charge in [-0.15, -0.1) is 13.2 Å². The molecule has 0 unspecified atom stereocenters. The van der Waals surface area contributed by atoms with Crippen LogP contribution in [0.5, 0.6) is 5.75 Å². The number of piperazine rings is 1. The fraction of sp³-hybridized carbons (Fsp3) is 0.227. The third-order valence-corrected chi connectivity index (χ3v) is 4.97. The number of rotatable bonds is 5. The number of anilines is 3. The molecular weight excluding hydrogens is 423 g/mol. The van der Waals surface area contributed by atoms with Gasteiger partial charge in [-0.05, 0) is 36.4 Å². The zero-order valence-electron chi connectivity index (χ0n) is 16.9. The van der Waals surface area contributed by atoms with Crippen molar-refractivity contribution < 1.29 is 22.7 Å². The summed E-state index contributed by atoms with van der Waals surface area (Å²) < 4.78 is 40.6. The topological polar surface area (TPSA) is 70.6 Å². The van der Waals surface area contributed by atoms with Crippen molar-refractivity contribution in [1.82, 2.24) is 9.97 Å². The van der Waals surface area contributed by atoms with Gasteiger partial charge in [-0.3, -0.25) is 4.79 Å². The van der Waals surface area contributed by atoms with Crippen molar-refractivity contribution in [2.24, 2.45) is 0 Å². The molecule has 1 aliphatic heterocycles. The molecule has 0 saturated carbocycles. The first-order valence-electron chi connectivity index (χ1n) is 9.91. The zero-order valence-corrected chi connectivity index (χ0v) is 16.9.